The summed E-state index contributed by atoms with van der Waals surface area (Å²) in [5.41, 5.74) is 9.43. The van der Waals surface area contributed by atoms with Gasteiger partial charge in [-0.05, 0) is 142 Å². The minimum Gasteiger partial charge on any atom is -0.454 e. The van der Waals surface area contributed by atoms with Crippen LogP contribution in [0.15, 0.2) is 165 Å². The molecule has 6 aliphatic rings. The normalized spacial score (nSPS) is 15.7. The number of nitrogens with one attached hydrogen (secondary N) is 1. The maximum absolute atomic E-state index is 12.3. The first-order valence-corrected chi connectivity index (χ1v) is 29.5. The molecule has 6 amide bonds. The molecule has 3 aromatic heterocycles. The molecule has 2 saturated heterocycles. The summed E-state index contributed by atoms with van der Waals surface area (Å²) in [7, 11) is 3.98. The van der Waals surface area contributed by atoms with Crippen LogP contribution in [0.3, 0.4) is 0 Å². The second-order valence-electron chi connectivity index (χ2n) is 21.5. The van der Waals surface area contributed by atoms with Crippen molar-refractivity contribution in [3.63, 3.8) is 0 Å². The molecule has 20 nitrogen and oxygen atoms in total. The van der Waals surface area contributed by atoms with E-state index in [9.17, 15) is 28.8 Å². The first-order valence-electron chi connectivity index (χ1n) is 29.5. The fraction of sp³-hybridized carbons (Fsp3) is 0.299. The van der Waals surface area contributed by atoms with Gasteiger partial charge in [0, 0.05) is 138 Å². The molecule has 0 spiro atoms. The molecule has 0 radical (unpaired) electrons. The molecule has 87 heavy (non-hydrogen) atoms. The number of piperidine rings is 1. The fourth-order valence-corrected chi connectivity index (χ4v) is 10.5. The van der Waals surface area contributed by atoms with Crippen LogP contribution in [0.4, 0.5) is 5.69 Å². The van der Waals surface area contributed by atoms with Crippen molar-refractivity contribution in [2.45, 2.75) is 51.4 Å². The molecule has 6 aliphatic heterocycles. The Kier molecular flexibility index (Phi) is 20.1. The number of anilines is 1. The Bertz CT molecular complexity index is 3860. The van der Waals surface area contributed by atoms with Crippen molar-refractivity contribution >= 4 is 74.2 Å². The van der Waals surface area contributed by atoms with Crippen LogP contribution in [0.25, 0.3) is 33.1 Å². The number of carbonyl (C=O) groups is 6. The minimum atomic E-state index is -0.259. The number of imide groups is 1. The summed E-state index contributed by atoms with van der Waals surface area (Å²) < 4.78 is 10.4. The third kappa shape index (κ3) is 15.4. The molecule has 446 valence electrons. The van der Waals surface area contributed by atoms with Crippen LogP contribution in [-0.2, 0) is 4.79 Å². The predicted octanol–water partition coefficient (Wildman–Crippen LogP) is 9.59. The van der Waals surface area contributed by atoms with Gasteiger partial charge in [0.15, 0.2) is 11.5 Å². The van der Waals surface area contributed by atoms with Gasteiger partial charge in [-0.25, -0.2) is 4.98 Å². The summed E-state index contributed by atoms with van der Waals surface area (Å²) in [5, 5.41) is 0. The molecule has 8 aromatic rings. The van der Waals surface area contributed by atoms with E-state index in [-0.39, 0.29) is 42.2 Å². The van der Waals surface area contributed by atoms with Crippen molar-refractivity contribution < 1.29 is 38.2 Å². The van der Waals surface area contributed by atoms with Gasteiger partial charge in [-0.15, -0.1) is 0 Å². The monoisotopic (exact) mass is 1170 g/mol. The zero-order valence-electron chi connectivity index (χ0n) is 49.0. The van der Waals surface area contributed by atoms with Gasteiger partial charge in [0.2, 0.25) is 12.7 Å². The zero-order chi connectivity index (χ0) is 60.5. The number of carbonyl (C=O) groups excluding carboxylic acids is 6. The highest BCUT2D eigenvalue weighted by Gasteiger charge is 2.29. The van der Waals surface area contributed by atoms with Crippen LogP contribution < -0.4 is 14.4 Å². The number of aromatic amines is 1. The quantitative estimate of drug-likeness (QED) is 0.121. The molecule has 0 bridgehead atoms. The van der Waals surface area contributed by atoms with E-state index < -0.39 is 0 Å². The number of H-pyrrole nitrogens is 1. The van der Waals surface area contributed by atoms with Crippen LogP contribution >= 0.6 is 0 Å². The summed E-state index contributed by atoms with van der Waals surface area (Å²) in [5.74, 6) is 1.22. The molecule has 0 saturated carbocycles. The maximum atomic E-state index is 12.3. The highest BCUT2D eigenvalue weighted by atomic mass is 16.7. The van der Waals surface area contributed by atoms with E-state index in [2.05, 4.69) is 54.2 Å². The Hall–Kier alpha value is -10.1. The standard InChI is InChI=1S/C14H15N3O.C14H13N3O.C14H18N2O.C13H13N3O.C12H11NO4/c2*18-14(17-8-2-1-3-9-17)11-4-5-12-13(10-11)16-7-6-15-12;1-15(2)13-8-6-12(7-9-13)14(17)16-10-4-3-5-11-16;17-13(16-6-2-1-3-7-16)10-4-5-11-12(8-10)15-9-14-11;14-11-2-1-5-13(11)12(15)8-3-4-9-10(6-8)17-7-16-9/h4-7,10H,1-3,8-9H2;1-2,4-7,10H,3,8-9H2;3-4,6-9H,5,10-11H2,1-2H3;1-2,4-5,8-9H,3,6-7H2,(H,14,15);3-4,6H,1-2,5,7H2. The van der Waals surface area contributed by atoms with E-state index in [0.717, 1.165) is 128 Å². The number of ether oxygens (including phenoxy) is 2. The Labute approximate surface area is 504 Å². The molecule has 20 heteroatoms. The lowest BCUT2D eigenvalue weighted by molar-refractivity contribution is -0.125. The number of imidazole rings is 1. The summed E-state index contributed by atoms with van der Waals surface area (Å²) in [6.07, 6.45) is 28.2. The highest BCUT2D eigenvalue weighted by Crippen LogP contribution is 2.33. The highest BCUT2D eigenvalue weighted by molar-refractivity contribution is 6.06. The van der Waals surface area contributed by atoms with E-state index in [4.69, 9.17) is 9.47 Å². The lowest BCUT2D eigenvalue weighted by atomic mass is 10.1. The van der Waals surface area contributed by atoms with Crippen LogP contribution in [0.2, 0.25) is 0 Å². The first kappa shape index (κ1) is 60.0. The minimum absolute atomic E-state index is 0.0619. The predicted molar refractivity (Wildman–Crippen MR) is 333 cm³/mol. The molecule has 9 heterocycles. The summed E-state index contributed by atoms with van der Waals surface area (Å²) in [6, 6.07) is 29.3. The number of aromatic nitrogens is 6. The molecule has 2 fully saturated rings. The number of fused-ring (bicyclic) bond motifs is 4. The lowest BCUT2D eigenvalue weighted by Gasteiger charge is -2.26. The van der Waals surface area contributed by atoms with E-state index >= 15 is 0 Å². The molecular formula is C67H70N12O8. The molecule has 14 rings (SSSR count). The number of hydrogen-bond acceptors (Lipinski definition) is 14. The molecule has 0 atom stereocenters. The van der Waals surface area contributed by atoms with Crippen LogP contribution in [0.1, 0.15) is 103 Å². The SMILES string of the molecule is CN(C)c1ccc(C(=O)N2CC=CCC2)cc1.O=C(c1ccc2nc[nH]c2c1)N1CC=CCC1.O=C(c1ccc2nccnc2c1)N1CC=CCC1.O=C(c1ccc2nccnc2c1)N1CCCCC1.O=C1CCCN1C(=O)c1ccc2c(c1)OCO2. The van der Waals surface area contributed by atoms with Gasteiger partial charge < -0.3 is 39.0 Å². The largest absolute Gasteiger partial charge is 0.454 e. The van der Waals surface area contributed by atoms with E-state index in [1.54, 1.807) is 49.3 Å². The topological polar surface area (TPSA) is 221 Å². The van der Waals surface area contributed by atoms with Crippen molar-refractivity contribution in [1.82, 2.24) is 54.4 Å². The molecule has 0 aliphatic carbocycles. The number of amides is 6. The molecular weight excluding hydrogens is 1100 g/mol. The van der Waals surface area contributed by atoms with Gasteiger partial charge in [-0.3, -0.25) is 53.6 Å². The Morgan fingerprint density at radius 2 is 0.908 bits per heavy atom. The number of likely N-dealkylation sites (tertiary alicyclic amines) is 2. The Morgan fingerprint density at radius 3 is 1.43 bits per heavy atom. The van der Waals surface area contributed by atoms with Gasteiger partial charge in [0.1, 0.15) is 0 Å². The zero-order valence-corrected chi connectivity index (χ0v) is 49.0. The molecule has 5 aromatic carbocycles. The number of hydrogen-bond donors (Lipinski definition) is 1. The first-order chi connectivity index (χ1) is 42.5. The van der Waals surface area contributed by atoms with E-state index in [1.807, 2.05) is 130 Å². The van der Waals surface area contributed by atoms with E-state index in [0.29, 0.717) is 54.2 Å². The van der Waals surface area contributed by atoms with Crippen LogP contribution in [-0.4, -0.2) is 170 Å². The van der Waals surface area contributed by atoms with Crippen molar-refractivity contribution in [3.8, 4) is 11.5 Å². The second kappa shape index (κ2) is 29.1. The number of rotatable bonds is 6. The van der Waals surface area contributed by atoms with Gasteiger partial charge >= 0.3 is 0 Å². The average Bonchev–Trinajstić information content (AvgIpc) is 4.27. The third-order valence-electron chi connectivity index (χ3n) is 15.3. The van der Waals surface area contributed by atoms with Gasteiger partial charge in [0.05, 0.1) is 39.4 Å². The molecule has 1 N–H and O–H groups in total. The van der Waals surface area contributed by atoms with Crippen molar-refractivity contribution in [2.24, 2.45) is 0 Å². The number of nitrogens with zero attached hydrogens (tertiary/aromatic N) is 11. The Morgan fingerprint density at radius 1 is 0.437 bits per heavy atom. The number of benzene rings is 5. The Balaban J connectivity index is 0.000000120. The van der Waals surface area contributed by atoms with Crippen molar-refractivity contribution in [3.05, 3.63) is 192 Å². The van der Waals surface area contributed by atoms with Crippen molar-refractivity contribution in [1.29, 1.82) is 0 Å². The fourth-order valence-electron chi connectivity index (χ4n) is 10.5. The van der Waals surface area contributed by atoms with Gasteiger partial charge in [0.25, 0.3) is 29.5 Å². The summed E-state index contributed by atoms with van der Waals surface area (Å²) in [4.78, 5) is 107. The summed E-state index contributed by atoms with van der Waals surface area (Å²) in [6.45, 7) is 6.97. The second-order valence-corrected chi connectivity index (χ2v) is 21.5. The van der Waals surface area contributed by atoms with Gasteiger partial charge in [-0.1, -0.05) is 36.5 Å². The maximum Gasteiger partial charge on any atom is 0.260 e. The van der Waals surface area contributed by atoms with Crippen molar-refractivity contribution in [2.75, 3.05) is 84.7 Å². The average molecular weight is 1170 g/mol. The van der Waals surface area contributed by atoms with Crippen LogP contribution in [0.5, 0.6) is 11.5 Å². The van der Waals surface area contributed by atoms with Gasteiger partial charge in [-0.2, -0.15) is 0 Å². The lowest BCUT2D eigenvalue weighted by Crippen LogP contribution is -2.35. The van der Waals surface area contributed by atoms with E-state index in [1.165, 1.54) is 11.3 Å². The summed E-state index contributed by atoms with van der Waals surface area (Å²) >= 11 is 0. The third-order valence-corrected chi connectivity index (χ3v) is 15.3. The van der Waals surface area contributed by atoms with Crippen LogP contribution in [0, 0.1) is 0 Å². The smallest absolute Gasteiger partial charge is 0.260 e. The molecule has 0 unspecified atom stereocenters.